The molecule has 6 N–H and O–H groups in total. The van der Waals surface area contributed by atoms with E-state index in [1.54, 1.807) is 18.2 Å². The number of hydrogen-bond donors (Lipinski definition) is 5. The molecule has 0 aromatic heterocycles. The number of carbonyl (C=O) groups is 1. The van der Waals surface area contributed by atoms with Gasteiger partial charge in [-0.15, -0.1) is 0 Å². The molecule has 0 saturated heterocycles. The number of amides is 1. The summed E-state index contributed by atoms with van der Waals surface area (Å²) >= 11 is 0. The topological polar surface area (TPSA) is 120 Å². The minimum atomic E-state index is -0.490. The minimum absolute atomic E-state index is 0.0325. The van der Waals surface area contributed by atoms with Gasteiger partial charge in [-0.05, 0) is 82.2 Å². The van der Waals surface area contributed by atoms with E-state index in [1.165, 1.54) is 19.3 Å². The predicted octanol–water partition coefficient (Wildman–Crippen LogP) is 1.33. The Balaban J connectivity index is 2.13. The molecule has 1 aromatic carbocycles. The summed E-state index contributed by atoms with van der Waals surface area (Å²) in [7, 11) is 1.46. The van der Waals surface area contributed by atoms with Crippen LogP contribution in [0.2, 0.25) is 0 Å². The number of hydrogen-bond acceptors (Lipinski definition) is 7. The quantitative estimate of drug-likeness (QED) is 0.132. The molecule has 158 valence electrons. The fraction of sp³-hybridized carbons (Fsp3) is 0.550. The highest BCUT2D eigenvalue weighted by Gasteiger charge is 2.07. The van der Waals surface area contributed by atoms with Gasteiger partial charge in [0.2, 0.25) is 0 Å². The Morgan fingerprint density at radius 3 is 2.43 bits per heavy atom. The van der Waals surface area contributed by atoms with E-state index in [0.717, 1.165) is 52.0 Å². The summed E-state index contributed by atoms with van der Waals surface area (Å²) in [4.78, 5) is 11.9. The highest BCUT2D eigenvalue weighted by Crippen LogP contribution is 2.26. The molecule has 0 atom stereocenters. The largest absolute Gasteiger partial charge is 0.504 e. The van der Waals surface area contributed by atoms with Crippen molar-refractivity contribution in [1.29, 1.82) is 0 Å². The standard InChI is InChI=1S/C20H34N4O4/c1-28-19-16-17(6-8-18(19)25)7-9-20(26)24(27)15-5-14-23-12-3-2-11-22-13-4-10-21/h6-9,16,22-23,25,27H,2-5,10-15,21H2,1H3/b9-7+. The third-order valence-electron chi connectivity index (χ3n) is 4.11. The monoisotopic (exact) mass is 394 g/mol. The maximum Gasteiger partial charge on any atom is 0.269 e. The van der Waals surface area contributed by atoms with Gasteiger partial charge < -0.3 is 26.2 Å². The van der Waals surface area contributed by atoms with Gasteiger partial charge in [-0.25, -0.2) is 5.06 Å². The second kappa shape index (κ2) is 14.9. The normalized spacial score (nSPS) is 11.1. The highest BCUT2D eigenvalue weighted by atomic mass is 16.5. The summed E-state index contributed by atoms with van der Waals surface area (Å²) in [5.74, 6) is -0.131. The first kappa shape index (κ1) is 23.9. The smallest absolute Gasteiger partial charge is 0.269 e. The Bertz CT molecular complexity index is 596. The summed E-state index contributed by atoms with van der Waals surface area (Å²) in [6, 6.07) is 4.75. The first-order valence-electron chi connectivity index (χ1n) is 9.75. The van der Waals surface area contributed by atoms with Crippen molar-refractivity contribution in [1.82, 2.24) is 15.7 Å². The van der Waals surface area contributed by atoms with Crippen LogP contribution < -0.4 is 21.1 Å². The number of phenolic OH excluding ortho intramolecular Hbond substituents is 1. The number of nitrogens with one attached hydrogen (secondary N) is 2. The molecule has 0 unspecified atom stereocenters. The van der Waals surface area contributed by atoms with Crippen molar-refractivity contribution in [2.75, 3.05) is 46.4 Å². The number of benzene rings is 1. The Morgan fingerprint density at radius 2 is 1.79 bits per heavy atom. The van der Waals surface area contributed by atoms with Crippen LogP contribution in [-0.2, 0) is 4.79 Å². The summed E-state index contributed by atoms with van der Waals surface area (Å²) < 4.78 is 5.02. The van der Waals surface area contributed by atoms with E-state index in [-0.39, 0.29) is 12.3 Å². The zero-order chi connectivity index (χ0) is 20.6. The Kier molecular flexibility index (Phi) is 12.7. The predicted molar refractivity (Wildman–Crippen MR) is 110 cm³/mol. The lowest BCUT2D eigenvalue weighted by molar-refractivity contribution is -0.159. The lowest BCUT2D eigenvalue weighted by Crippen LogP contribution is -2.29. The van der Waals surface area contributed by atoms with E-state index in [2.05, 4.69) is 10.6 Å². The van der Waals surface area contributed by atoms with Crippen LogP contribution in [0.5, 0.6) is 11.5 Å². The van der Waals surface area contributed by atoms with Crippen LogP contribution in [-0.4, -0.2) is 67.7 Å². The molecule has 0 saturated carbocycles. The molecule has 1 rings (SSSR count). The number of aromatic hydroxyl groups is 1. The SMILES string of the molecule is COc1cc(/C=C/C(=O)N(O)CCCNCCCCNCCCN)ccc1O. The second-order valence-corrected chi connectivity index (χ2v) is 6.43. The number of nitrogens with zero attached hydrogens (tertiary/aromatic N) is 1. The van der Waals surface area contributed by atoms with Crippen molar-refractivity contribution in [3.63, 3.8) is 0 Å². The number of phenols is 1. The molecule has 0 aliphatic carbocycles. The van der Waals surface area contributed by atoms with Crippen LogP contribution in [0.1, 0.15) is 31.2 Å². The van der Waals surface area contributed by atoms with Gasteiger partial charge in [0.25, 0.3) is 5.91 Å². The lowest BCUT2D eigenvalue weighted by Gasteiger charge is -2.13. The third-order valence-corrected chi connectivity index (χ3v) is 4.11. The molecule has 0 heterocycles. The van der Waals surface area contributed by atoms with Crippen molar-refractivity contribution in [3.05, 3.63) is 29.8 Å². The molecule has 28 heavy (non-hydrogen) atoms. The van der Waals surface area contributed by atoms with Crippen molar-refractivity contribution >= 4 is 12.0 Å². The number of ether oxygens (including phenoxy) is 1. The Labute approximate surface area is 167 Å². The van der Waals surface area contributed by atoms with Gasteiger partial charge in [0.15, 0.2) is 11.5 Å². The first-order chi connectivity index (χ1) is 13.6. The van der Waals surface area contributed by atoms with Crippen LogP contribution in [0.4, 0.5) is 0 Å². The van der Waals surface area contributed by atoms with Crippen molar-refractivity contribution in [2.45, 2.75) is 25.7 Å². The number of carbonyl (C=O) groups excluding carboxylic acids is 1. The number of nitrogens with two attached hydrogens (primary N) is 1. The fourth-order valence-electron chi connectivity index (χ4n) is 2.49. The molecule has 0 radical (unpaired) electrons. The van der Waals surface area contributed by atoms with Gasteiger partial charge in [-0.1, -0.05) is 6.07 Å². The zero-order valence-electron chi connectivity index (χ0n) is 16.7. The Morgan fingerprint density at radius 1 is 1.14 bits per heavy atom. The molecule has 0 aliphatic rings. The van der Waals surface area contributed by atoms with Gasteiger partial charge >= 0.3 is 0 Å². The molecule has 0 fully saturated rings. The summed E-state index contributed by atoms with van der Waals surface area (Å²) in [6.45, 7) is 4.61. The van der Waals surface area contributed by atoms with Gasteiger partial charge in [0.05, 0.1) is 7.11 Å². The minimum Gasteiger partial charge on any atom is -0.504 e. The van der Waals surface area contributed by atoms with E-state index in [1.807, 2.05) is 0 Å². The number of unbranched alkanes of at least 4 members (excludes halogenated alkanes) is 1. The number of methoxy groups -OCH3 is 1. The highest BCUT2D eigenvalue weighted by molar-refractivity contribution is 5.91. The van der Waals surface area contributed by atoms with Gasteiger partial charge in [0, 0.05) is 12.6 Å². The zero-order valence-corrected chi connectivity index (χ0v) is 16.7. The molecule has 1 amide bonds. The molecule has 0 spiro atoms. The van der Waals surface area contributed by atoms with Crippen LogP contribution in [0.3, 0.4) is 0 Å². The van der Waals surface area contributed by atoms with Crippen LogP contribution in [0.15, 0.2) is 24.3 Å². The number of hydroxylamine groups is 2. The van der Waals surface area contributed by atoms with Crippen molar-refractivity contribution < 1.29 is 19.8 Å². The van der Waals surface area contributed by atoms with Crippen molar-refractivity contribution in [2.24, 2.45) is 5.73 Å². The van der Waals surface area contributed by atoms with Gasteiger partial charge in [-0.2, -0.15) is 0 Å². The molecular formula is C20H34N4O4. The van der Waals surface area contributed by atoms with Crippen molar-refractivity contribution in [3.8, 4) is 11.5 Å². The van der Waals surface area contributed by atoms with Crippen LogP contribution >= 0.6 is 0 Å². The molecule has 0 bridgehead atoms. The Hall–Kier alpha value is -2.13. The summed E-state index contributed by atoms with van der Waals surface area (Å²) in [6.07, 6.45) is 6.71. The summed E-state index contributed by atoms with van der Waals surface area (Å²) in [5.41, 5.74) is 6.12. The number of rotatable bonds is 15. The molecule has 0 aliphatic heterocycles. The summed E-state index contributed by atoms with van der Waals surface area (Å²) in [5, 5.41) is 26.7. The maximum absolute atomic E-state index is 11.9. The van der Waals surface area contributed by atoms with E-state index in [9.17, 15) is 15.1 Å². The van der Waals surface area contributed by atoms with Crippen LogP contribution in [0.25, 0.3) is 6.08 Å². The fourth-order valence-corrected chi connectivity index (χ4v) is 2.49. The molecule has 1 aromatic rings. The third kappa shape index (κ3) is 10.3. The lowest BCUT2D eigenvalue weighted by atomic mass is 10.2. The van der Waals surface area contributed by atoms with Crippen LogP contribution in [0, 0.1) is 0 Å². The van der Waals surface area contributed by atoms with Gasteiger partial charge in [-0.3, -0.25) is 10.0 Å². The molecule has 8 heteroatoms. The average Bonchev–Trinajstić information content (AvgIpc) is 2.70. The maximum atomic E-state index is 11.9. The van der Waals surface area contributed by atoms with E-state index < -0.39 is 5.91 Å². The van der Waals surface area contributed by atoms with Gasteiger partial charge in [0.1, 0.15) is 0 Å². The first-order valence-corrected chi connectivity index (χ1v) is 9.75. The molecule has 8 nitrogen and oxygen atoms in total. The van der Waals surface area contributed by atoms with E-state index in [0.29, 0.717) is 22.8 Å². The average molecular weight is 395 g/mol. The van der Waals surface area contributed by atoms with E-state index >= 15 is 0 Å². The molecular weight excluding hydrogens is 360 g/mol. The second-order valence-electron chi connectivity index (χ2n) is 6.43. The van der Waals surface area contributed by atoms with E-state index in [4.69, 9.17) is 10.5 Å².